The van der Waals surface area contributed by atoms with E-state index in [1.165, 1.54) is 22.8 Å². The molecule has 0 unspecified atom stereocenters. The molecule has 0 radical (unpaired) electrons. The van der Waals surface area contributed by atoms with Crippen molar-refractivity contribution in [3.8, 4) is 11.4 Å². The molecule has 0 spiro atoms. The predicted molar refractivity (Wildman–Crippen MR) is 116 cm³/mol. The zero-order chi connectivity index (χ0) is 22.3. The number of sulfone groups is 1. The second-order valence-corrected chi connectivity index (χ2v) is 9.79. The van der Waals surface area contributed by atoms with Gasteiger partial charge in [-0.2, -0.15) is 0 Å². The maximum Gasteiger partial charge on any atom is 0.355 e. The second-order valence-electron chi connectivity index (χ2n) is 7.88. The Balaban J connectivity index is 1.89. The van der Waals surface area contributed by atoms with E-state index in [9.17, 15) is 18.0 Å². The summed E-state index contributed by atoms with van der Waals surface area (Å²) in [6, 6.07) is 12.9. The fourth-order valence-corrected chi connectivity index (χ4v) is 5.45. The first kappa shape index (κ1) is 21.1. The van der Waals surface area contributed by atoms with Crippen LogP contribution in [0.25, 0.3) is 11.4 Å². The van der Waals surface area contributed by atoms with Gasteiger partial charge in [0.15, 0.2) is 0 Å². The third kappa shape index (κ3) is 3.61. The average molecular weight is 441 g/mol. The molecule has 2 aromatic heterocycles. The molecule has 3 heterocycles. The van der Waals surface area contributed by atoms with Crippen molar-refractivity contribution in [1.82, 2.24) is 9.13 Å². The Kier molecular flexibility index (Phi) is 5.35. The third-order valence-electron chi connectivity index (χ3n) is 5.41. The van der Waals surface area contributed by atoms with Gasteiger partial charge in [-0.3, -0.25) is 4.79 Å². The molecule has 0 aliphatic carbocycles. The summed E-state index contributed by atoms with van der Waals surface area (Å²) in [4.78, 5) is 25.5. The molecule has 1 aromatic carbocycles. The first-order valence-corrected chi connectivity index (χ1v) is 11.6. The number of hydrogen-bond acceptors (Lipinski definition) is 5. The quantitative estimate of drug-likeness (QED) is 0.582. The fourth-order valence-electron chi connectivity index (χ4n) is 4.01. The summed E-state index contributed by atoms with van der Waals surface area (Å²) in [5, 5.41) is 0. The van der Waals surface area contributed by atoms with Gasteiger partial charge in [0.25, 0.3) is 5.56 Å². The van der Waals surface area contributed by atoms with Crippen molar-refractivity contribution >= 4 is 15.8 Å². The van der Waals surface area contributed by atoms with E-state index in [1.807, 2.05) is 4.57 Å². The lowest BCUT2D eigenvalue weighted by Gasteiger charge is -2.16. The van der Waals surface area contributed by atoms with Crippen molar-refractivity contribution in [3.05, 3.63) is 70.1 Å². The molecule has 0 amide bonds. The van der Waals surface area contributed by atoms with Gasteiger partial charge in [0.05, 0.1) is 22.4 Å². The molecule has 4 rings (SSSR count). The van der Waals surface area contributed by atoms with E-state index >= 15 is 0 Å². The third-order valence-corrected chi connectivity index (χ3v) is 7.17. The van der Waals surface area contributed by atoms with E-state index in [0.29, 0.717) is 36.5 Å². The molecule has 0 saturated carbocycles. The Labute approximate surface area is 180 Å². The summed E-state index contributed by atoms with van der Waals surface area (Å²) in [5.74, 6) is -0.419. The Bertz CT molecular complexity index is 1320. The number of pyridine rings is 1. The molecule has 1 aliphatic heterocycles. The Morgan fingerprint density at radius 1 is 1.10 bits per heavy atom. The van der Waals surface area contributed by atoms with Gasteiger partial charge in [-0.1, -0.05) is 18.2 Å². The number of hydrogen-bond donors (Lipinski definition) is 0. The van der Waals surface area contributed by atoms with E-state index in [4.69, 9.17) is 4.74 Å². The Hall–Kier alpha value is -3.13. The number of aromatic nitrogens is 2. The number of nitrogens with zero attached hydrogens (tertiary/aromatic N) is 2. The lowest BCUT2D eigenvalue weighted by molar-refractivity contribution is 0.0365. The smallest absolute Gasteiger partial charge is 0.355 e. The van der Waals surface area contributed by atoms with Gasteiger partial charge < -0.3 is 13.9 Å². The zero-order valence-electron chi connectivity index (χ0n) is 17.7. The van der Waals surface area contributed by atoms with Crippen molar-refractivity contribution in [2.24, 2.45) is 7.05 Å². The number of rotatable bonds is 4. The fraction of sp³-hybridized carbons (Fsp3) is 0.304. The van der Waals surface area contributed by atoms with E-state index in [-0.39, 0.29) is 15.9 Å². The highest BCUT2D eigenvalue weighted by Crippen LogP contribution is 2.32. The van der Waals surface area contributed by atoms with Crippen LogP contribution in [0.15, 0.2) is 63.1 Å². The minimum absolute atomic E-state index is 0.0859. The van der Waals surface area contributed by atoms with Crippen LogP contribution in [-0.2, 0) is 34.6 Å². The van der Waals surface area contributed by atoms with Gasteiger partial charge in [-0.05, 0) is 62.6 Å². The number of carbonyl (C=O) groups excluding carboxylic acids is 1. The highest BCUT2D eigenvalue weighted by Gasteiger charge is 2.28. The Morgan fingerprint density at radius 3 is 2.48 bits per heavy atom. The molecule has 0 N–H and O–H groups in total. The Morgan fingerprint density at radius 2 is 1.81 bits per heavy atom. The summed E-state index contributed by atoms with van der Waals surface area (Å²) in [6.45, 7) is 4.14. The minimum atomic E-state index is -3.95. The van der Waals surface area contributed by atoms with Crippen LogP contribution in [0.4, 0.5) is 0 Å². The molecule has 0 fully saturated rings. The van der Waals surface area contributed by atoms with Gasteiger partial charge in [0.1, 0.15) is 10.6 Å². The number of benzene rings is 1. The largest absolute Gasteiger partial charge is 0.458 e. The van der Waals surface area contributed by atoms with Crippen molar-refractivity contribution in [1.29, 1.82) is 0 Å². The SMILES string of the molecule is CC(C)OC(=O)c1ccc2n1CCCc1cc(S(=O)(=O)c3ccccc3)c(=O)n(C)c1-2. The molecule has 8 heteroatoms. The minimum Gasteiger partial charge on any atom is -0.458 e. The van der Waals surface area contributed by atoms with Gasteiger partial charge in [0.2, 0.25) is 9.84 Å². The first-order chi connectivity index (χ1) is 14.7. The molecule has 31 heavy (non-hydrogen) atoms. The topological polar surface area (TPSA) is 87.4 Å². The van der Waals surface area contributed by atoms with Gasteiger partial charge >= 0.3 is 5.97 Å². The van der Waals surface area contributed by atoms with Crippen LogP contribution in [0.2, 0.25) is 0 Å². The lowest BCUT2D eigenvalue weighted by Crippen LogP contribution is -2.26. The maximum absolute atomic E-state index is 13.2. The van der Waals surface area contributed by atoms with Crippen LogP contribution in [0.1, 0.15) is 36.3 Å². The molecule has 0 atom stereocenters. The van der Waals surface area contributed by atoms with Crippen LogP contribution >= 0.6 is 0 Å². The highest BCUT2D eigenvalue weighted by atomic mass is 32.2. The normalized spacial score (nSPS) is 13.4. The van der Waals surface area contributed by atoms with Crippen LogP contribution in [0.3, 0.4) is 0 Å². The molecule has 0 bridgehead atoms. The molecular formula is C23H24N2O5S. The summed E-state index contributed by atoms with van der Waals surface area (Å²) in [6.07, 6.45) is 1.03. The monoisotopic (exact) mass is 440 g/mol. The lowest BCUT2D eigenvalue weighted by atomic mass is 10.1. The standard InChI is InChI=1S/C23H24N2O5S/c1-15(2)30-23(27)19-12-11-18-21-16(8-7-13-25(18)19)14-20(22(26)24(21)3)31(28,29)17-9-5-4-6-10-17/h4-6,9-12,14-15H,7-8,13H2,1-3H3. The van der Waals surface area contributed by atoms with Gasteiger partial charge in [-0.15, -0.1) is 0 Å². The summed E-state index contributed by atoms with van der Waals surface area (Å²) in [5.41, 5.74) is 1.91. The first-order valence-electron chi connectivity index (χ1n) is 10.2. The van der Waals surface area contributed by atoms with E-state index < -0.39 is 21.4 Å². The van der Waals surface area contributed by atoms with Crippen molar-refractivity contribution in [2.45, 2.75) is 49.1 Å². The number of aryl methyl sites for hydroxylation is 1. The molecule has 3 aromatic rings. The molecular weight excluding hydrogens is 416 g/mol. The number of fused-ring (bicyclic) bond motifs is 3. The maximum atomic E-state index is 13.2. The average Bonchev–Trinajstić information content (AvgIpc) is 3.05. The number of ether oxygens (including phenoxy) is 1. The molecule has 1 aliphatic rings. The zero-order valence-corrected chi connectivity index (χ0v) is 18.5. The number of esters is 1. The van der Waals surface area contributed by atoms with Crippen molar-refractivity contribution in [3.63, 3.8) is 0 Å². The van der Waals surface area contributed by atoms with Crippen LogP contribution in [-0.4, -0.2) is 29.6 Å². The van der Waals surface area contributed by atoms with Crippen LogP contribution in [0, 0.1) is 0 Å². The summed E-state index contributed by atoms with van der Waals surface area (Å²) < 4.78 is 34.9. The predicted octanol–water partition coefficient (Wildman–Crippen LogP) is 3.20. The van der Waals surface area contributed by atoms with Gasteiger partial charge in [0, 0.05) is 13.6 Å². The van der Waals surface area contributed by atoms with E-state index in [1.54, 1.807) is 51.2 Å². The molecule has 0 saturated heterocycles. The second kappa shape index (κ2) is 7.85. The van der Waals surface area contributed by atoms with Crippen LogP contribution in [0.5, 0.6) is 0 Å². The van der Waals surface area contributed by atoms with E-state index in [2.05, 4.69) is 0 Å². The summed E-state index contributed by atoms with van der Waals surface area (Å²) in [7, 11) is -2.38. The highest BCUT2D eigenvalue weighted by molar-refractivity contribution is 7.91. The van der Waals surface area contributed by atoms with Crippen molar-refractivity contribution < 1.29 is 17.9 Å². The summed E-state index contributed by atoms with van der Waals surface area (Å²) >= 11 is 0. The van der Waals surface area contributed by atoms with Crippen molar-refractivity contribution in [2.75, 3.05) is 0 Å². The van der Waals surface area contributed by atoms with E-state index in [0.717, 1.165) is 5.56 Å². The van der Waals surface area contributed by atoms with Gasteiger partial charge in [-0.25, -0.2) is 13.2 Å². The number of carbonyl (C=O) groups is 1. The molecule has 162 valence electrons. The van der Waals surface area contributed by atoms with Crippen LogP contribution < -0.4 is 5.56 Å². The molecule has 7 nitrogen and oxygen atoms in total.